The van der Waals surface area contributed by atoms with Gasteiger partial charge in [0.1, 0.15) is 5.75 Å². The topological polar surface area (TPSA) is 78.6 Å². The molecule has 0 amide bonds. The molecule has 0 heterocycles. The number of ketones is 1. The second kappa shape index (κ2) is 11.4. The summed E-state index contributed by atoms with van der Waals surface area (Å²) >= 11 is 0. The molecule has 1 rings (SSSR count). The van der Waals surface area contributed by atoms with Crippen LogP contribution in [0.25, 0.3) is 0 Å². The minimum absolute atomic E-state index is 0.233. The first-order valence-electron chi connectivity index (χ1n) is 8.78. The van der Waals surface area contributed by atoms with Gasteiger partial charge in [-0.3, -0.25) is 4.79 Å². The van der Waals surface area contributed by atoms with Crippen molar-refractivity contribution in [3.05, 3.63) is 29.8 Å². The Hall–Kier alpha value is -1.23. The van der Waals surface area contributed by atoms with Gasteiger partial charge in [-0.1, -0.05) is 31.4 Å². The van der Waals surface area contributed by atoms with Crippen LogP contribution < -0.4 is 10.3 Å². The standard InChI is InChI=1S/C18H29FNO4P/c1-3-23-25(2,22)24-16-12-10-15(11-13-16)18(19)17(21)9-7-5-4-6-8-14-20/h10-13,18H,3-9,14,20H2,1-2H3. The minimum atomic E-state index is -3.17. The number of alkyl halides is 1. The Kier molecular flexibility index (Phi) is 9.94. The minimum Gasteiger partial charge on any atom is -0.425 e. The number of carbonyl (C=O) groups is 1. The van der Waals surface area contributed by atoms with Crippen LogP contribution in [0.15, 0.2) is 24.3 Å². The number of carbonyl (C=O) groups excluding carboxylic acids is 1. The van der Waals surface area contributed by atoms with Gasteiger partial charge in [0.05, 0.1) is 6.61 Å². The van der Waals surface area contributed by atoms with Gasteiger partial charge in [-0.25, -0.2) is 8.96 Å². The Bertz CT molecular complexity index is 565. The zero-order valence-electron chi connectivity index (χ0n) is 15.1. The van der Waals surface area contributed by atoms with Crippen molar-refractivity contribution in [1.82, 2.24) is 0 Å². The molecule has 0 aliphatic rings. The summed E-state index contributed by atoms with van der Waals surface area (Å²) in [6.45, 7) is 4.06. The van der Waals surface area contributed by atoms with Crippen LogP contribution >= 0.6 is 7.60 Å². The van der Waals surface area contributed by atoms with E-state index in [9.17, 15) is 13.8 Å². The van der Waals surface area contributed by atoms with Gasteiger partial charge in [-0.2, -0.15) is 0 Å². The number of hydrogen-bond acceptors (Lipinski definition) is 5. The number of hydrogen-bond donors (Lipinski definition) is 1. The van der Waals surface area contributed by atoms with Crippen LogP contribution in [-0.4, -0.2) is 25.6 Å². The van der Waals surface area contributed by atoms with E-state index in [4.69, 9.17) is 14.8 Å². The Balaban J connectivity index is 2.46. The highest BCUT2D eigenvalue weighted by Crippen LogP contribution is 2.44. The van der Waals surface area contributed by atoms with Gasteiger partial charge in [0.2, 0.25) is 0 Å². The van der Waals surface area contributed by atoms with Crippen LogP contribution in [0.1, 0.15) is 57.2 Å². The molecule has 0 fully saturated rings. The van der Waals surface area contributed by atoms with Gasteiger partial charge in [-0.15, -0.1) is 0 Å². The van der Waals surface area contributed by atoms with E-state index in [1.807, 2.05) is 0 Å². The van der Waals surface area contributed by atoms with Gasteiger partial charge in [0, 0.05) is 13.1 Å². The maximum atomic E-state index is 14.3. The molecule has 0 saturated heterocycles. The van der Waals surface area contributed by atoms with Gasteiger partial charge in [0.15, 0.2) is 12.0 Å². The predicted octanol–water partition coefficient (Wildman–Crippen LogP) is 4.80. The fraction of sp³-hybridized carbons (Fsp3) is 0.611. The fourth-order valence-electron chi connectivity index (χ4n) is 2.44. The average molecular weight is 373 g/mol. The molecule has 2 atom stereocenters. The first kappa shape index (κ1) is 21.8. The van der Waals surface area contributed by atoms with Crippen molar-refractivity contribution in [1.29, 1.82) is 0 Å². The van der Waals surface area contributed by atoms with Gasteiger partial charge < -0.3 is 14.8 Å². The van der Waals surface area contributed by atoms with Crippen molar-refractivity contribution in [2.75, 3.05) is 19.8 Å². The second-order valence-electron chi connectivity index (χ2n) is 5.98. The highest BCUT2D eigenvalue weighted by Gasteiger charge is 2.21. The zero-order valence-corrected chi connectivity index (χ0v) is 16.0. The molecule has 0 aliphatic heterocycles. The molecular formula is C18H29FNO4P. The molecular weight excluding hydrogens is 344 g/mol. The average Bonchev–Trinajstić information content (AvgIpc) is 2.57. The number of nitrogens with two attached hydrogens (primary N) is 1. The summed E-state index contributed by atoms with van der Waals surface area (Å²) < 4.78 is 36.5. The Labute approximate surface area is 149 Å². The molecule has 0 spiro atoms. The molecule has 0 aliphatic carbocycles. The Morgan fingerprint density at radius 3 is 2.36 bits per heavy atom. The smallest absolute Gasteiger partial charge is 0.376 e. The van der Waals surface area contributed by atoms with Crippen molar-refractivity contribution in [3.8, 4) is 5.75 Å². The lowest BCUT2D eigenvalue weighted by Gasteiger charge is -2.15. The van der Waals surface area contributed by atoms with E-state index in [0.717, 1.165) is 25.7 Å². The molecule has 0 aromatic heterocycles. The second-order valence-corrected chi connectivity index (χ2v) is 7.97. The SMILES string of the molecule is CCOP(C)(=O)Oc1ccc(C(F)C(=O)CCCCCCCN)cc1. The maximum Gasteiger partial charge on any atom is 0.376 e. The third-order valence-electron chi connectivity index (χ3n) is 3.72. The summed E-state index contributed by atoms with van der Waals surface area (Å²) in [7, 11) is -3.17. The normalized spacial score (nSPS) is 14.7. The molecule has 2 N–H and O–H groups in total. The highest BCUT2D eigenvalue weighted by molar-refractivity contribution is 7.53. The van der Waals surface area contributed by atoms with E-state index < -0.39 is 19.6 Å². The first-order valence-corrected chi connectivity index (χ1v) is 10.8. The molecule has 0 bridgehead atoms. The number of unbranched alkanes of at least 4 members (excludes halogenated alkanes) is 4. The molecule has 1 aromatic carbocycles. The lowest BCUT2D eigenvalue weighted by Crippen LogP contribution is -2.07. The molecule has 142 valence electrons. The third-order valence-corrected chi connectivity index (χ3v) is 4.99. The zero-order chi connectivity index (χ0) is 18.7. The summed E-state index contributed by atoms with van der Waals surface area (Å²) in [5.74, 6) is -0.0921. The largest absolute Gasteiger partial charge is 0.425 e. The predicted molar refractivity (Wildman–Crippen MR) is 97.8 cm³/mol. The number of benzene rings is 1. The van der Waals surface area contributed by atoms with Crippen LogP contribution in [-0.2, 0) is 13.9 Å². The molecule has 5 nitrogen and oxygen atoms in total. The number of rotatable bonds is 13. The Morgan fingerprint density at radius 1 is 1.16 bits per heavy atom. The first-order chi connectivity index (χ1) is 11.9. The molecule has 0 saturated carbocycles. The number of halogens is 1. The van der Waals surface area contributed by atoms with E-state index in [2.05, 4.69) is 0 Å². The van der Waals surface area contributed by atoms with Crippen molar-refractivity contribution < 1.29 is 22.8 Å². The van der Waals surface area contributed by atoms with E-state index in [0.29, 0.717) is 18.7 Å². The monoisotopic (exact) mass is 373 g/mol. The summed E-state index contributed by atoms with van der Waals surface area (Å²) in [4.78, 5) is 11.9. The Morgan fingerprint density at radius 2 is 1.76 bits per heavy atom. The van der Waals surface area contributed by atoms with Gasteiger partial charge in [-0.05, 0) is 44.0 Å². The molecule has 0 radical (unpaired) electrons. The summed E-state index contributed by atoms with van der Waals surface area (Å²) in [6, 6.07) is 5.95. The van der Waals surface area contributed by atoms with Crippen LogP contribution in [0.5, 0.6) is 5.75 Å². The van der Waals surface area contributed by atoms with E-state index in [-0.39, 0.29) is 18.6 Å². The quantitative estimate of drug-likeness (QED) is 0.397. The van der Waals surface area contributed by atoms with Crippen molar-refractivity contribution in [2.24, 2.45) is 5.73 Å². The molecule has 25 heavy (non-hydrogen) atoms. The van der Waals surface area contributed by atoms with Gasteiger partial charge in [0.25, 0.3) is 0 Å². The molecule has 1 aromatic rings. The number of Topliss-reactive ketones (excluding diaryl/α,β-unsaturated/α-hetero) is 1. The van der Waals surface area contributed by atoms with Gasteiger partial charge >= 0.3 is 7.60 Å². The van der Waals surface area contributed by atoms with E-state index >= 15 is 0 Å². The van der Waals surface area contributed by atoms with Crippen LogP contribution in [0, 0.1) is 0 Å². The molecule has 7 heteroatoms. The maximum absolute atomic E-state index is 14.3. The summed E-state index contributed by atoms with van der Waals surface area (Å²) in [6.07, 6.45) is 3.25. The third kappa shape index (κ3) is 8.61. The van der Waals surface area contributed by atoms with Crippen LogP contribution in [0.4, 0.5) is 4.39 Å². The van der Waals surface area contributed by atoms with Crippen molar-refractivity contribution in [3.63, 3.8) is 0 Å². The molecule has 2 unspecified atom stereocenters. The lowest BCUT2D eigenvalue weighted by molar-refractivity contribution is -0.124. The van der Waals surface area contributed by atoms with Crippen LogP contribution in [0.2, 0.25) is 0 Å². The van der Waals surface area contributed by atoms with Crippen LogP contribution in [0.3, 0.4) is 0 Å². The fourth-order valence-corrected chi connectivity index (χ4v) is 3.46. The van der Waals surface area contributed by atoms with Crippen molar-refractivity contribution in [2.45, 2.75) is 51.6 Å². The summed E-state index contributed by atoms with van der Waals surface area (Å²) in [5, 5.41) is 0. The highest BCUT2D eigenvalue weighted by atomic mass is 31.2. The lowest BCUT2D eigenvalue weighted by atomic mass is 10.0. The van der Waals surface area contributed by atoms with Crippen molar-refractivity contribution >= 4 is 13.4 Å². The van der Waals surface area contributed by atoms with E-state index in [1.165, 1.54) is 30.9 Å². The van der Waals surface area contributed by atoms with E-state index in [1.54, 1.807) is 6.92 Å². The summed E-state index contributed by atoms with van der Waals surface area (Å²) in [5.41, 5.74) is 5.70.